The van der Waals surface area contributed by atoms with Gasteiger partial charge in [-0.25, -0.2) is 0 Å². The average molecular weight is 262 g/mol. The molecule has 3 heteroatoms. The summed E-state index contributed by atoms with van der Waals surface area (Å²) in [4.78, 5) is 12.6. The van der Waals surface area contributed by atoms with E-state index in [1.54, 1.807) is 0 Å². The normalized spacial score (nSPS) is 14.4. The van der Waals surface area contributed by atoms with Crippen LogP contribution in [0, 0.1) is 5.92 Å². The number of aryl methyl sites for hydroxylation is 1. The first-order valence-electron chi connectivity index (χ1n) is 7.47. The topological polar surface area (TPSA) is 34.0 Å². The van der Waals surface area contributed by atoms with Gasteiger partial charge in [0, 0.05) is 23.8 Å². The third kappa shape index (κ3) is 3.08. The number of hydrogen-bond acceptors (Lipinski definition) is 2. The zero-order valence-corrected chi connectivity index (χ0v) is 12.6. The smallest absolute Gasteiger partial charge is 0.255 e. The Morgan fingerprint density at radius 2 is 2.00 bits per heavy atom. The molecule has 0 unspecified atom stereocenters. The summed E-state index contributed by atoms with van der Waals surface area (Å²) in [5, 5.41) is 3.39. The van der Waals surface area contributed by atoms with Gasteiger partial charge in [0.25, 0.3) is 5.56 Å². The van der Waals surface area contributed by atoms with Crippen LogP contribution in [0.3, 0.4) is 0 Å². The third-order valence-electron chi connectivity index (χ3n) is 3.75. The first-order chi connectivity index (χ1) is 9.00. The average Bonchev–Trinajstić information content (AvgIpc) is 2.76. The molecule has 1 aromatic rings. The fourth-order valence-electron chi connectivity index (χ4n) is 2.90. The summed E-state index contributed by atoms with van der Waals surface area (Å²) in [5.74, 6) is 0.613. The predicted molar refractivity (Wildman–Crippen MR) is 79.7 cm³/mol. The summed E-state index contributed by atoms with van der Waals surface area (Å²) in [6, 6.07) is 2.39. The Morgan fingerprint density at radius 1 is 1.26 bits per heavy atom. The molecular formula is C16H26N2O. The van der Waals surface area contributed by atoms with E-state index in [4.69, 9.17) is 0 Å². The van der Waals surface area contributed by atoms with Crippen molar-refractivity contribution in [1.29, 1.82) is 0 Å². The molecule has 0 amide bonds. The first kappa shape index (κ1) is 14.3. The minimum absolute atomic E-state index is 0.201. The SMILES string of the molecule is CC(C)CNCc1cc2c(n(C(C)C)c1=O)CCC2. The van der Waals surface area contributed by atoms with Gasteiger partial charge in [-0.3, -0.25) is 4.79 Å². The lowest BCUT2D eigenvalue weighted by atomic mass is 10.1. The highest BCUT2D eigenvalue weighted by atomic mass is 16.1. The minimum atomic E-state index is 0.201. The molecule has 0 fully saturated rings. The predicted octanol–water partition coefficient (Wildman–Crippen LogP) is 2.66. The van der Waals surface area contributed by atoms with E-state index in [1.807, 2.05) is 4.57 Å². The lowest BCUT2D eigenvalue weighted by molar-refractivity contribution is 0.529. The van der Waals surface area contributed by atoms with Crippen molar-refractivity contribution < 1.29 is 0 Å². The summed E-state index contributed by atoms with van der Waals surface area (Å²) in [5.41, 5.74) is 3.78. The number of hydrogen-bond donors (Lipinski definition) is 1. The lowest BCUT2D eigenvalue weighted by Gasteiger charge is -2.18. The molecule has 2 rings (SSSR count). The molecule has 0 saturated heterocycles. The van der Waals surface area contributed by atoms with E-state index < -0.39 is 0 Å². The minimum Gasteiger partial charge on any atom is -0.312 e. The van der Waals surface area contributed by atoms with Crippen LogP contribution in [0.15, 0.2) is 10.9 Å². The molecule has 19 heavy (non-hydrogen) atoms. The highest BCUT2D eigenvalue weighted by Gasteiger charge is 2.20. The molecule has 106 valence electrons. The van der Waals surface area contributed by atoms with Crippen LogP contribution in [0.1, 0.15) is 57.0 Å². The molecular weight excluding hydrogens is 236 g/mol. The zero-order valence-electron chi connectivity index (χ0n) is 12.6. The van der Waals surface area contributed by atoms with Crippen molar-refractivity contribution in [1.82, 2.24) is 9.88 Å². The van der Waals surface area contributed by atoms with Gasteiger partial charge in [-0.1, -0.05) is 13.8 Å². The van der Waals surface area contributed by atoms with Gasteiger partial charge in [0.2, 0.25) is 0 Å². The fourth-order valence-corrected chi connectivity index (χ4v) is 2.90. The fraction of sp³-hybridized carbons (Fsp3) is 0.688. The maximum atomic E-state index is 12.6. The number of fused-ring (bicyclic) bond motifs is 1. The number of aromatic nitrogens is 1. The molecule has 0 radical (unpaired) electrons. The van der Waals surface area contributed by atoms with Crippen LogP contribution in [0.5, 0.6) is 0 Å². The summed E-state index contributed by atoms with van der Waals surface area (Å²) in [6.45, 7) is 10.2. The van der Waals surface area contributed by atoms with Crippen LogP contribution >= 0.6 is 0 Å². The van der Waals surface area contributed by atoms with Crippen LogP contribution in [0.25, 0.3) is 0 Å². The Hall–Kier alpha value is -1.09. The van der Waals surface area contributed by atoms with Crippen molar-refractivity contribution in [3.63, 3.8) is 0 Å². The first-order valence-corrected chi connectivity index (χ1v) is 7.47. The number of nitrogens with zero attached hydrogens (tertiary/aromatic N) is 1. The van der Waals surface area contributed by atoms with Crippen molar-refractivity contribution in [2.24, 2.45) is 5.92 Å². The van der Waals surface area contributed by atoms with Crippen LogP contribution in [-0.2, 0) is 19.4 Å². The van der Waals surface area contributed by atoms with Gasteiger partial charge in [-0.15, -0.1) is 0 Å². The Kier molecular flexibility index (Phi) is 4.46. The molecule has 0 aromatic carbocycles. The van der Waals surface area contributed by atoms with E-state index in [1.165, 1.54) is 17.7 Å². The highest BCUT2D eigenvalue weighted by molar-refractivity contribution is 5.31. The molecule has 1 N–H and O–H groups in total. The highest BCUT2D eigenvalue weighted by Crippen LogP contribution is 2.23. The van der Waals surface area contributed by atoms with Gasteiger partial charge < -0.3 is 9.88 Å². The molecule has 1 aliphatic rings. The lowest BCUT2D eigenvalue weighted by Crippen LogP contribution is -2.31. The van der Waals surface area contributed by atoms with Gasteiger partial charge in [0.1, 0.15) is 0 Å². The number of rotatable bonds is 5. The van der Waals surface area contributed by atoms with Gasteiger partial charge in [0.05, 0.1) is 0 Å². The maximum Gasteiger partial charge on any atom is 0.255 e. The Morgan fingerprint density at radius 3 is 2.63 bits per heavy atom. The van der Waals surface area contributed by atoms with Gasteiger partial charge in [-0.05, 0) is 57.2 Å². The molecule has 0 spiro atoms. The Bertz CT molecular complexity index is 500. The van der Waals surface area contributed by atoms with E-state index in [-0.39, 0.29) is 11.6 Å². The summed E-state index contributed by atoms with van der Waals surface area (Å²) >= 11 is 0. The van der Waals surface area contributed by atoms with Crippen molar-refractivity contribution >= 4 is 0 Å². The molecule has 1 aliphatic carbocycles. The number of pyridine rings is 1. The van der Waals surface area contributed by atoms with E-state index in [2.05, 4.69) is 39.1 Å². The standard InChI is InChI=1S/C16H26N2O/c1-11(2)9-17-10-14-8-13-6-5-7-15(13)18(12(3)4)16(14)19/h8,11-12,17H,5-7,9-10H2,1-4H3. The van der Waals surface area contributed by atoms with Crippen molar-refractivity contribution in [2.75, 3.05) is 6.54 Å². The summed E-state index contributed by atoms with van der Waals surface area (Å²) in [6.07, 6.45) is 3.37. The molecule has 0 aliphatic heterocycles. The summed E-state index contributed by atoms with van der Waals surface area (Å²) in [7, 11) is 0. The van der Waals surface area contributed by atoms with Gasteiger partial charge >= 0.3 is 0 Å². The second kappa shape index (κ2) is 5.91. The molecule has 0 saturated carbocycles. The molecule has 0 atom stereocenters. The Labute approximate surface area is 116 Å². The van der Waals surface area contributed by atoms with E-state index in [0.717, 1.165) is 24.9 Å². The van der Waals surface area contributed by atoms with Crippen LogP contribution < -0.4 is 10.9 Å². The van der Waals surface area contributed by atoms with E-state index in [9.17, 15) is 4.79 Å². The Balaban J connectivity index is 2.30. The van der Waals surface area contributed by atoms with Crippen LogP contribution in [0.4, 0.5) is 0 Å². The monoisotopic (exact) mass is 262 g/mol. The second-order valence-corrected chi connectivity index (χ2v) is 6.29. The van der Waals surface area contributed by atoms with Crippen LogP contribution in [0.2, 0.25) is 0 Å². The molecule has 1 aromatic heterocycles. The molecule has 3 nitrogen and oxygen atoms in total. The number of nitrogens with one attached hydrogen (secondary N) is 1. The zero-order chi connectivity index (χ0) is 14.0. The second-order valence-electron chi connectivity index (χ2n) is 6.29. The van der Waals surface area contributed by atoms with Crippen molar-refractivity contribution in [2.45, 2.75) is 59.5 Å². The van der Waals surface area contributed by atoms with Crippen LogP contribution in [-0.4, -0.2) is 11.1 Å². The van der Waals surface area contributed by atoms with Gasteiger partial charge in [0.15, 0.2) is 0 Å². The largest absolute Gasteiger partial charge is 0.312 e. The maximum absolute atomic E-state index is 12.6. The van der Waals surface area contributed by atoms with Crippen molar-refractivity contribution in [3.05, 3.63) is 33.2 Å². The molecule has 0 bridgehead atoms. The third-order valence-corrected chi connectivity index (χ3v) is 3.75. The summed E-state index contributed by atoms with van der Waals surface area (Å²) < 4.78 is 2.01. The van der Waals surface area contributed by atoms with Crippen molar-refractivity contribution in [3.8, 4) is 0 Å². The quantitative estimate of drug-likeness (QED) is 0.885. The molecule has 1 heterocycles. The van der Waals surface area contributed by atoms with Gasteiger partial charge in [-0.2, -0.15) is 0 Å². The van der Waals surface area contributed by atoms with E-state index >= 15 is 0 Å². The van der Waals surface area contributed by atoms with E-state index in [0.29, 0.717) is 12.5 Å².